The van der Waals surface area contributed by atoms with Gasteiger partial charge in [-0.2, -0.15) is 0 Å². The molecule has 3 heteroatoms. The summed E-state index contributed by atoms with van der Waals surface area (Å²) in [7, 11) is 0. The molecule has 0 bridgehead atoms. The molecule has 0 aromatic heterocycles. The maximum Gasteiger partial charge on any atom is 0.0700 e. The average Bonchev–Trinajstić information content (AvgIpc) is 2.26. The van der Waals surface area contributed by atoms with Gasteiger partial charge in [0.2, 0.25) is 0 Å². The SMILES string of the molecule is CCCCOCCOCCCNCCC. The number of hydrogen-bond donors (Lipinski definition) is 1. The number of rotatable bonds is 12. The molecule has 0 heterocycles. The molecule has 0 amide bonds. The summed E-state index contributed by atoms with van der Waals surface area (Å²) in [6.07, 6.45) is 4.64. The first-order chi connectivity index (χ1) is 7.41. The van der Waals surface area contributed by atoms with Gasteiger partial charge in [-0.25, -0.2) is 0 Å². The van der Waals surface area contributed by atoms with Crippen LogP contribution in [0.5, 0.6) is 0 Å². The summed E-state index contributed by atoms with van der Waals surface area (Å²) in [5.74, 6) is 0. The van der Waals surface area contributed by atoms with Crippen molar-refractivity contribution in [3.05, 3.63) is 0 Å². The highest BCUT2D eigenvalue weighted by Gasteiger charge is 1.90. The molecule has 0 atom stereocenters. The zero-order chi connectivity index (χ0) is 11.2. The minimum Gasteiger partial charge on any atom is -0.379 e. The lowest BCUT2D eigenvalue weighted by Crippen LogP contribution is -2.18. The van der Waals surface area contributed by atoms with Crippen molar-refractivity contribution in [2.24, 2.45) is 0 Å². The molecule has 3 nitrogen and oxygen atoms in total. The molecule has 0 aliphatic carbocycles. The number of hydrogen-bond acceptors (Lipinski definition) is 3. The van der Waals surface area contributed by atoms with Gasteiger partial charge >= 0.3 is 0 Å². The van der Waals surface area contributed by atoms with Crippen LogP contribution in [0.15, 0.2) is 0 Å². The van der Waals surface area contributed by atoms with E-state index >= 15 is 0 Å². The summed E-state index contributed by atoms with van der Waals surface area (Å²) in [5, 5.41) is 3.34. The highest BCUT2D eigenvalue weighted by molar-refractivity contribution is 4.45. The molecular weight excluding hydrogens is 190 g/mol. The van der Waals surface area contributed by atoms with Gasteiger partial charge in [-0.1, -0.05) is 20.3 Å². The van der Waals surface area contributed by atoms with Crippen molar-refractivity contribution in [2.75, 3.05) is 39.5 Å². The van der Waals surface area contributed by atoms with Crippen molar-refractivity contribution >= 4 is 0 Å². The first kappa shape index (κ1) is 14.9. The van der Waals surface area contributed by atoms with Crippen LogP contribution in [-0.2, 0) is 9.47 Å². The van der Waals surface area contributed by atoms with E-state index in [2.05, 4.69) is 19.2 Å². The van der Waals surface area contributed by atoms with Gasteiger partial charge in [-0.15, -0.1) is 0 Å². The lowest BCUT2D eigenvalue weighted by atomic mass is 10.4. The monoisotopic (exact) mass is 217 g/mol. The van der Waals surface area contributed by atoms with Crippen LogP contribution in [0.4, 0.5) is 0 Å². The molecule has 0 fully saturated rings. The van der Waals surface area contributed by atoms with Gasteiger partial charge in [0.05, 0.1) is 13.2 Å². The van der Waals surface area contributed by atoms with Crippen LogP contribution in [0.2, 0.25) is 0 Å². The molecule has 1 N–H and O–H groups in total. The Morgan fingerprint density at radius 1 is 0.733 bits per heavy atom. The van der Waals surface area contributed by atoms with Crippen molar-refractivity contribution in [3.63, 3.8) is 0 Å². The van der Waals surface area contributed by atoms with E-state index in [0.29, 0.717) is 0 Å². The number of ether oxygens (including phenoxy) is 2. The van der Waals surface area contributed by atoms with Crippen molar-refractivity contribution in [2.45, 2.75) is 39.5 Å². The zero-order valence-corrected chi connectivity index (χ0v) is 10.4. The minimum absolute atomic E-state index is 0.734. The Hall–Kier alpha value is -0.120. The summed E-state index contributed by atoms with van der Waals surface area (Å²) in [4.78, 5) is 0. The Morgan fingerprint density at radius 2 is 1.40 bits per heavy atom. The molecule has 0 saturated carbocycles. The molecule has 92 valence electrons. The predicted octanol–water partition coefficient (Wildman–Crippen LogP) is 2.21. The van der Waals surface area contributed by atoms with Crippen LogP contribution in [0, 0.1) is 0 Å². The van der Waals surface area contributed by atoms with E-state index in [-0.39, 0.29) is 0 Å². The quantitative estimate of drug-likeness (QED) is 0.508. The fourth-order valence-electron chi connectivity index (χ4n) is 1.17. The van der Waals surface area contributed by atoms with Crippen molar-refractivity contribution in [1.29, 1.82) is 0 Å². The number of unbranched alkanes of at least 4 members (excludes halogenated alkanes) is 1. The molecule has 0 unspecified atom stereocenters. The second-order valence-electron chi connectivity index (χ2n) is 3.68. The first-order valence-electron chi connectivity index (χ1n) is 6.28. The third kappa shape index (κ3) is 13.9. The highest BCUT2D eigenvalue weighted by Crippen LogP contribution is 1.88. The Labute approximate surface area is 94.5 Å². The van der Waals surface area contributed by atoms with Gasteiger partial charge in [0.15, 0.2) is 0 Å². The maximum absolute atomic E-state index is 5.43. The van der Waals surface area contributed by atoms with Crippen molar-refractivity contribution in [1.82, 2.24) is 5.32 Å². The van der Waals surface area contributed by atoms with Crippen LogP contribution in [0.1, 0.15) is 39.5 Å². The molecule has 0 aromatic carbocycles. The second kappa shape index (κ2) is 13.9. The first-order valence-corrected chi connectivity index (χ1v) is 6.28. The predicted molar refractivity (Wildman–Crippen MR) is 64.3 cm³/mol. The van der Waals surface area contributed by atoms with E-state index in [9.17, 15) is 0 Å². The third-order valence-corrected chi connectivity index (χ3v) is 2.08. The van der Waals surface area contributed by atoms with Crippen LogP contribution in [0.3, 0.4) is 0 Å². The number of nitrogens with one attached hydrogen (secondary N) is 1. The van der Waals surface area contributed by atoms with E-state index in [4.69, 9.17) is 9.47 Å². The van der Waals surface area contributed by atoms with Crippen LogP contribution in [-0.4, -0.2) is 39.5 Å². The van der Waals surface area contributed by atoms with E-state index in [1.807, 2.05) is 0 Å². The minimum atomic E-state index is 0.734. The Bertz CT molecular complexity index is 97.8. The lowest BCUT2D eigenvalue weighted by Gasteiger charge is -2.05. The standard InChI is InChI=1S/C12H27NO2/c1-3-5-9-14-11-12-15-10-6-8-13-7-4-2/h13H,3-12H2,1-2H3. The molecule has 0 spiro atoms. The van der Waals surface area contributed by atoms with E-state index in [0.717, 1.165) is 52.4 Å². The highest BCUT2D eigenvalue weighted by atomic mass is 16.5. The second-order valence-corrected chi connectivity index (χ2v) is 3.68. The normalized spacial score (nSPS) is 10.8. The van der Waals surface area contributed by atoms with E-state index < -0.39 is 0 Å². The summed E-state index contributed by atoms with van der Waals surface area (Å²) in [5.41, 5.74) is 0. The summed E-state index contributed by atoms with van der Waals surface area (Å²) in [6, 6.07) is 0. The Balaban J connectivity index is 2.81. The van der Waals surface area contributed by atoms with Crippen LogP contribution < -0.4 is 5.32 Å². The lowest BCUT2D eigenvalue weighted by molar-refractivity contribution is 0.0459. The Kier molecular flexibility index (Phi) is 13.8. The van der Waals surface area contributed by atoms with Crippen LogP contribution in [0.25, 0.3) is 0 Å². The molecule has 0 radical (unpaired) electrons. The van der Waals surface area contributed by atoms with Gasteiger partial charge in [0.25, 0.3) is 0 Å². The van der Waals surface area contributed by atoms with Crippen molar-refractivity contribution in [3.8, 4) is 0 Å². The fraction of sp³-hybridized carbons (Fsp3) is 1.00. The molecule has 0 aliphatic rings. The van der Waals surface area contributed by atoms with Crippen LogP contribution >= 0.6 is 0 Å². The summed E-state index contributed by atoms with van der Waals surface area (Å²) >= 11 is 0. The third-order valence-electron chi connectivity index (χ3n) is 2.08. The molecule has 0 aromatic rings. The smallest absolute Gasteiger partial charge is 0.0700 e. The van der Waals surface area contributed by atoms with E-state index in [1.54, 1.807) is 0 Å². The largest absolute Gasteiger partial charge is 0.379 e. The van der Waals surface area contributed by atoms with E-state index in [1.165, 1.54) is 12.8 Å². The fourth-order valence-corrected chi connectivity index (χ4v) is 1.17. The average molecular weight is 217 g/mol. The summed E-state index contributed by atoms with van der Waals surface area (Å²) < 4.78 is 10.8. The zero-order valence-electron chi connectivity index (χ0n) is 10.4. The summed E-state index contributed by atoms with van der Waals surface area (Å²) in [6.45, 7) is 9.70. The molecule has 0 aliphatic heterocycles. The van der Waals surface area contributed by atoms with Gasteiger partial charge in [0, 0.05) is 13.2 Å². The van der Waals surface area contributed by atoms with Gasteiger partial charge in [-0.05, 0) is 32.4 Å². The van der Waals surface area contributed by atoms with Gasteiger partial charge < -0.3 is 14.8 Å². The van der Waals surface area contributed by atoms with Crippen molar-refractivity contribution < 1.29 is 9.47 Å². The molecule has 0 saturated heterocycles. The van der Waals surface area contributed by atoms with Gasteiger partial charge in [0.1, 0.15) is 0 Å². The topological polar surface area (TPSA) is 30.5 Å². The molecule has 15 heavy (non-hydrogen) atoms. The van der Waals surface area contributed by atoms with Gasteiger partial charge in [-0.3, -0.25) is 0 Å². The Morgan fingerprint density at radius 3 is 2.00 bits per heavy atom. The molecular formula is C12H27NO2. The maximum atomic E-state index is 5.43. The molecule has 0 rings (SSSR count).